The highest BCUT2D eigenvalue weighted by molar-refractivity contribution is 5.05. The lowest BCUT2D eigenvalue weighted by molar-refractivity contribution is 0.282. The predicted molar refractivity (Wildman–Crippen MR) is 95.6 cm³/mol. The summed E-state index contributed by atoms with van der Waals surface area (Å²) in [4.78, 5) is 0. The van der Waals surface area contributed by atoms with Gasteiger partial charge in [0.15, 0.2) is 0 Å². The maximum atomic E-state index is 8.71. The number of aliphatic hydroxyl groups is 1. The van der Waals surface area contributed by atoms with Crippen LogP contribution in [0.2, 0.25) is 0 Å². The van der Waals surface area contributed by atoms with Gasteiger partial charge in [0, 0.05) is 6.61 Å². The Labute approximate surface area is 132 Å². The summed E-state index contributed by atoms with van der Waals surface area (Å²) < 4.78 is 0. The molecule has 0 rings (SSSR count). The minimum Gasteiger partial charge on any atom is -0.396 e. The van der Waals surface area contributed by atoms with Crippen LogP contribution < -0.4 is 0 Å². The van der Waals surface area contributed by atoms with Crippen molar-refractivity contribution in [3.8, 4) is 0 Å². The number of unbranched alkanes of at least 4 members (excludes halogenated alkanes) is 4. The van der Waals surface area contributed by atoms with Crippen molar-refractivity contribution in [1.29, 1.82) is 0 Å². The largest absolute Gasteiger partial charge is 0.396 e. The third-order valence-electron chi connectivity index (χ3n) is 3.73. The van der Waals surface area contributed by atoms with E-state index in [1.807, 2.05) is 0 Å². The van der Waals surface area contributed by atoms with Crippen LogP contribution in [0.5, 0.6) is 0 Å². The Balaban J connectivity index is 3.71. The van der Waals surface area contributed by atoms with Crippen LogP contribution in [-0.2, 0) is 0 Å². The van der Waals surface area contributed by atoms with Gasteiger partial charge in [0.05, 0.1) is 0 Å². The molecule has 0 saturated carbocycles. The average molecular weight is 293 g/mol. The van der Waals surface area contributed by atoms with Crippen LogP contribution in [0.1, 0.15) is 85.5 Å². The van der Waals surface area contributed by atoms with Crippen LogP contribution in [-0.4, -0.2) is 11.7 Å². The van der Waals surface area contributed by atoms with Crippen LogP contribution in [0.3, 0.4) is 0 Å². The van der Waals surface area contributed by atoms with Gasteiger partial charge in [-0.25, -0.2) is 0 Å². The zero-order chi connectivity index (χ0) is 15.9. The van der Waals surface area contributed by atoms with Gasteiger partial charge in [-0.3, -0.25) is 0 Å². The van der Waals surface area contributed by atoms with E-state index in [2.05, 4.69) is 45.9 Å². The molecule has 1 heteroatoms. The molecule has 0 spiro atoms. The number of hydrogen-bond donors (Lipinski definition) is 1. The van der Waals surface area contributed by atoms with Crippen molar-refractivity contribution in [1.82, 2.24) is 0 Å². The lowest BCUT2D eigenvalue weighted by Crippen LogP contribution is -1.84. The summed E-state index contributed by atoms with van der Waals surface area (Å²) in [6.07, 6.45) is 17.7. The van der Waals surface area contributed by atoms with Gasteiger partial charge >= 0.3 is 0 Å². The zero-order valence-corrected chi connectivity index (χ0v) is 14.8. The molecule has 0 aromatic rings. The van der Waals surface area contributed by atoms with E-state index < -0.39 is 0 Å². The van der Waals surface area contributed by atoms with Gasteiger partial charge in [0.1, 0.15) is 0 Å². The highest BCUT2D eigenvalue weighted by Crippen LogP contribution is 2.13. The monoisotopic (exact) mass is 292 g/mol. The van der Waals surface area contributed by atoms with E-state index in [1.54, 1.807) is 0 Å². The summed E-state index contributed by atoms with van der Waals surface area (Å²) in [5, 5.41) is 8.71. The molecule has 0 aromatic heterocycles. The normalized spacial score (nSPS) is 12.6. The molecule has 0 bridgehead atoms. The Morgan fingerprint density at radius 1 is 0.667 bits per heavy atom. The van der Waals surface area contributed by atoms with Crippen molar-refractivity contribution in [3.63, 3.8) is 0 Å². The van der Waals surface area contributed by atoms with E-state index in [1.165, 1.54) is 61.7 Å². The maximum absolute atomic E-state index is 8.71. The van der Waals surface area contributed by atoms with Crippen LogP contribution >= 0.6 is 0 Å². The Morgan fingerprint density at radius 3 is 1.76 bits per heavy atom. The molecule has 0 amide bonds. The van der Waals surface area contributed by atoms with Crippen molar-refractivity contribution in [2.24, 2.45) is 0 Å². The van der Waals surface area contributed by atoms with Crippen LogP contribution in [0, 0.1) is 0 Å². The molecular formula is C20H36O. The standard InChI is InChI=1S/C20H36O/c1-18(2)12-10-14-20(4)16-11-15-19(3)13-8-6-5-7-9-17-21/h12-13,16,21H,5-11,14-15,17H2,1-4H3. The van der Waals surface area contributed by atoms with E-state index in [0.29, 0.717) is 6.61 Å². The third-order valence-corrected chi connectivity index (χ3v) is 3.73. The molecule has 0 unspecified atom stereocenters. The second kappa shape index (κ2) is 14.1. The van der Waals surface area contributed by atoms with Crippen LogP contribution in [0.15, 0.2) is 34.9 Å². The van der Waals surface area contributed by atoms with Gasteiger partial charge in [-0.15, -0.1) is 0 Å². The molecule has 0 aliphatic carbocycles. The van der Waals surface area contributed by atoms with Gasteiger partial charge in [-0.05, 0) is 72.6 Å². The Hall–Kier alpha value is -0.820. The quantitative estimate of drug-likeness (QED) is 0.328. The number of aliphatic hydroxyl groups excluding tert-OH is 1. The van der Waals surface area contributed by atoms with E-state index in [-0.39, 0.29) is 0 Å². The van der Waals surface area contributed by atoms with E-state index in [4.69, 9.17) is 5.11 Å². The fourth-order valence-electron chi connectivity index (χ4n) is 2.30. The first-order valence-corrected chi connectivity index (χ1v) is 8.61. The number of allylic oxidation sites excluding steroid dienone is 6. The maximum Gasteiger partial charge on any atom is 0.0431 e. The summed E-state index contributed by atoms with van der Waals surface area (Å²) in [5.41, 5.74) is 4.45. The van der Waals surface area contributed by atoms with Crippen molar-refractivity contribution in [3.05, 3.63) is 34.9 Å². The summed E-state index contributed by atoms with van der Waals surface area (Å²) in [6.45, 7) is 9.17. The fraction of sp³-hybridized carbons (Fsp3) is 0.700. The summed E-state index contributed by atoms with van der Waals surface area (Å²) >= 11 is 0. The van der Waals surface area contributed by atoms with Gasteiger partial charge in [0.25, 0.3) is 0 Å². The molecule has 0 heterocycles. The third kappa shape index (κ3) is 15.4. The molecule has 0 aliphatic heterocycles. The highest BCUT2D eigenvalue weighted by atomic mass is 16.2. The lowest BCUT2D eigenvalue weighted by Gasteiger charge is -2.02. The Morgan fingerprint density at radius 2 is 1.19 bits per heavy atom. The summed E-state index contributed by atoms with van der Waals surface area (Å²) in [6, 6.07) is 0. The molecule has 0 atom stereocenters. The second-order valence-corrected chi connectivity index (χ2v) is 6.39. The SMILES string of the molecule is CC(C)=CCCC(C)=CCCC(C)=CCCCCCCO. The van der Waals surface area contributed by atoms with Gasteiger partial charge in [-0.2, -0.15) is 0 Å². The van der Waals surface area contributed by atoms with Crippen LogP contribution in [0.25, 0.3) is 0 Å². The van der Waals surface area contributed by atoms with E-state index in [9.17, 15) is 0 Å². The Kier molecular flexibility index (Phi) is 13.6. The fourth-order valence-corrected chi connectivity index (χ4v) is 2.30. The topological polar surface area (TPSA) is 20.2 Å². The molecule has 0 radical (unpaired) electrons. The van der Waals surface area contributed by atoms with Crippen molar-refractivity contribution < 1.29 is 5.11 Å². The first-order chi connectivity index (χ1) is 10.1. The lowest BCUT2D eigenvalue weighted by atomic mass is 10.0. The summed E-state index contributed by atoms with van der Waals surface area (Å²) in [5.74, 6) is 0. The predicted octanol–water partition coefficient (Wildman–Crippen LogP) is 6.35. The van der Waals surface area contributed by atoms with Gasteiger partial charge < -0.3 is 5.11 Å². The zero-order valence-electron chi connectivity index (χ0n) is 14.8. The van der Waals surface area contributed by atoms with Crippen molar-refractivity contribution in [2.45, 2.75) is 85.5 Å². The van der Waals surface area contributed by atoms with Crippen molar-refractivity contribution in [2.75, 3.05) is 6.61 Å². The van der Waals surface area contributed by atoms with Crippen LogP contribution in [0.4, 0.5) is 0 Å². The van der Waals surface area contributed by atoms with E-state index >= 15 is 0 Å². The van der Waals surface area contributed by atoms with Crippen molar-refractivity contribution >= 4 is 0 Å². The molecule has 1 nitrogen and oxygen atoms in total. The molecule has 1 N–H and O–H groups in total. The first kappa shape index (κ1) is 20.2. The minimum atomic E-state index is 0.341. The first-order valence-electron chi connectivity index (χ1n) is 8.61. The highest BCUT2D eigenvalue weighted by Gasteiger charge is 1.93. The average Bonchev–Trinajstić information content (AvgIpc) is 2.42. The van der Waals surface area contributed by atoms with Gasteiger partial charge in [0.2, 0.25) is 0 Å². The molecular weight excluding hydrogens is 256 g/mol. The molecule has 0 saturated heterocycles. The molecule has 0 fully saturated rings. The summed E-state index contributed by atoms with van der Waals surface area (Å²) in [7, 11) is 0. The number of hydrogen-bond acceptors (Lipinski definition) is 1. The molecule has 21 heavy (non-hydrogen) atoms. The van der Waals surface area contributed by atoms with E-state index in [0.717, 1.165) is 12.8 Å². The second-order valence-electron chi connectivity index (χ2n) is 6.39. The molecule has 122 valence electrons. The molecule has 0 aromatic carbocycles. The van der Waals surface area contributed by atoms with Gasteiger partial charge in [-0.1, -0.05) is 47.8 Å². The minimum absolute atomic E-state index is 0.341. The Bertz CT molecular complexity index is 330. The number of rotatable bonds is 12. The smallest absolute Gasteiger partial charge is 0.0431 e. The molecule has 0 aliphatic rings.